The number of aryl methyl sites for hydroxylation is 4. The highest BCUT2D eigenvalue weighted by Crippen LogP contribution is 2.34. The van der Waals surface area contributed by atoms with Crippen LogP contribution in [-0.4, -0.2) is 31.4 Å². The molecule has 2 aromatic carbocycles. The van der Waals surface area contributed by atoms with Crippen LogP contribution in [0.1, 0.15) is 40.0 Å². The van der Waals surface area contributed by atoms with Gasteiger partial charge in [0.25, 0.3) is 5.56 Å². The predicted octanol–water partition coefficient (Wildman–Crippen LogP) is 4.61. The fourth-order valence-electron chi connectivity index (χ4n) is 4.32. The molecule has 2 heterocycles. The molecule has 1 aliphatic carbocycles. The number of nitrogens with zero attached hydrogens (tertiary/aromatic N) is 3. The minimum Gasteiger partial charge on any atom is -0.493 e. The summed E-state index contributed by atoms with van der Waals surface area (Å²) < 4.78 is 37.8. The molecular formula is C26H25N3O5S2. The Morgan fingerprint density at radius 1 is 1.08 bits per heavy atom. The zero-order chi connectivity index (χ0) is 25.4. The Balaban J connectivity index is 1.43. The minimum absolute atomic E-state index is 0.0562. The lowest BCUT2D eigenvalue weighted by molar-refractivity contribution is 0.390. The van der Waals surface area contributed by atoms with Gasteiger partial charge in [-0.25, -0.2) is 4.98 Å². The lowest BCUT2D eigenvalue weighted by atomic mass is 9.97. The number of aromatic nitrogens is 2. The van der Waals surface area contributed by atoms with Crippen LogP contribution in [0.25, 0.3) is 10.2 Å². The molecule has 0 bridgehead atoms. The Hall–Kier alpha value is -3.50. The van der Waals surface area contributed by atoms with E-state index in [1.165, 1.54) is 35.3 Å². The van der Waals surface area contributed by atoms with E-state index in [0.717, 1.165) is 41.6 Å². The van der Waals surface area contributed by atoms with Crippen molar-refractivity contribution in [3.05, 3.63) is 80.2 Å². The highest BCUT2D eigenvalue weighted by molar-refractivity contribution is 7.87. The monoisotopic (exact) mass is 523 g/mol. The Kier molecular flexibility index (Phi) is 6.40. The first kappa shape index (κ1) is 24.2. The van der Waals surface area contributed by atoms with Gasteiger partial charge in [-0.3, -0.25) is 4.79 Å². The molecule has 186 valence electrons. The van der Waals surface area contributed by atoms with E-state index in [-0.39, 0.29) is 22.0 Å². The van der Waals surface area contributed by atoms with Gasteiger partial charge in [0.15, 0.2) is 11.5 Å². The van der Waals surface area contributed by atoms with Gasteiger partial charge in [0, 0.05) is 4.88 Å². The normalized spacial score (nSPS) is 13.8. The third-order valence-corrected chi connectivity index (χ3v) is 8.77. The van der Waals surface area contributed by atoms with Crippen LogP contribution in [0.2, 0.25) is 0 Å². The van der Waals surface area contributed by atoms with Crippen LogP contribution in [0.4, 0.5) is 0 Å². The topological polar surface area (TPSA) is 99.8 Å². The predicted molar refractivity (Wildman–Crippen MR) is 140 cm³/mol. The van der Waals surface area contributed by atoms with Crippen molar-refractivity contribution < 1.29 is 17.3 Å². The maximum atomic E-state index is 13.1. The van der Waals surface area contributed by atoms with Crippen LogP contribution >= 0.6 is 11.3 Å². The van der Waals surface area contributed by atoms with E-state index < -0.39 is 10.1 Å². The summed E-state index contributed by atoms with van der Waals surface area (Å²) in [6.07, 6.45) is 7.02. The molecular weight excluding hydrogens is 498 g/mol. The smallest absolute Gasteiger partial charge is 0.339 e. The molecule has 36 heavy (non-hydrogen) atoms. The maximum absolute atomic E-state index is 13.1. The molecule has 0 spiro atoms. The van der Waals surface area contributed by atoms with Crippen molar-refractivity contribution in [3.8, 4) is 11.5 Å². The first-order chi connectivity index (χ1) is 17.3. The SMILES string of the molecule is COc1cc(/C=N/n2cnc3sc4c(c3c2=O)CCCC4)ccc1OS(=O)(=O)c1cc(C)ccc1C. The van der Waals surface area contributed by atoms with Crippen molar-refractivity contribution in [2.75, 3.05) is 7.11 Å². The minimum atomic E-state index is -4.06. The fraction of sp³-hybridized carbons (Fsp3) is 0.269. The Morgan fingerprint density at radius 2 is 1.89 bits per heavy atom. The summed E-state index contributed by atoms with van der Waals surface area (Å²) in [6, 6.07) is 9.90. The van der Waals surface area contributed by atoms with Gasteiger partial charge in [-0.1, -0.05) is 12.1 Å². The highest BCUT2D eigenvalue weighted by Gasteiger charge is 2.22. The van der Waals surface area contributed by atoms with Crippen LogP contribution in [0, 0.1) is 13.8 Å². The van der Waals surface area contributed by atoms with E-state index in [0.29, 0.717) is 16.5 Å². The molecule has 2 aromatic heterocycles. The first-order valence-electron chi connectivity index (χ1n) is 11.5. The van der Waals surface area contributed by atoms with Crippen molar-refractivity contribution in [1.29, 1.82) is 0 Å². The van der Waals surface area contributed by atoms with Crippen molar-refractivity contribution in [2.24, 2.45) is 5.10 Å². The third-order valence-electron chi connectivity index (χ3n) is 6.19. The molecule has 8 nitrogen and oxygen atoms in total. The number of hydrogen-bond acceptors (Lipinski definition) is 8. The molecule has 0 N–H and O–H groups in total. The molecule has 0 unspecified atom stereocenters. The van der Waals surface area contributed by atoms with E-state index in [1.807, 2.05) is 13.0 Å². The average Bonchev–Trinajstić information content (AvgIpc) is 3.25. The second kappa shape index (κ2) is 9.51. The Bertz CT molecular complexity index is 1670. The van der Waals surface area contributed by atoms with Gasteiger partial charge in [-0.05, 0) is 86.1 Å². The van der Waals surface area contributed by atoms with E-state index in [2.05, 4.69) is 10.1 Å². The summed E-state index contributed by atoms with van der Waals surface area (Å²) in [4.78, 5) is 19.7. The van der Waals surface area contributed by atoms with Gasteiger partial charge in [0.05, 0.1) is 18.7 Å². The van der Waals surface area contributed by atoms with Crippen LogP contribution in [0.3, 0.4) is 0 Å². The fourth-order valence-corrected chi connectivity index (χ4v) is 6.80. The summed E-state index contributed by atoms with van der Waals surface area (Å²) in [5.41, 5.74) is 2.92. The number of ether oxygens (including phenoxy) is 1. The highest BCUT2D eigenvalue weighted by atomic mass is 32.2. The van der Waals surface area contributed by atoms with Gasteiger partial charge < -0.3 is 8.92 Å². The molecule has 0 aliphatic heterocycles. The summed E-state index contributed by atoms with van der Waals surface area (Å²) >= 11 is 1.59. The van der Waals surface area contributed by atoms with Crippen LogP contribution in [0.15, 0.2) is 57.5 Å². The van der Waals surface area contributed by atoms with Crippen molar-refractivity contribution in [2.45, 2.75) is 44.4 Å². The molecule has 0 saturated carbocycles. The van der Waals surface area contributed by atoms with Crippen molar-refractivity contribution >= 4 is 37.9 Å². The number of fused-ring (bicyclic) bond motifs is 3. The number of rotatable bonds is 6. The van der Waals surface area contributed by atoms with Gasteiger partial charge >= 0.3 is 10.1 Å². The number of hydrogen-bond donors (Lipinski definition) is 0. The molecule has 0 saturated heterocycles. The molecule has 10 heteroatoms. The first-order valence-corrected chi connectivity index (χ1v) is 13.8. The van der Waals surface area contributed by atoms with Gasteiger partial charge in [0.1, 0.15) is 16.1 Å². The standard InChI is InChI=1S/C26H25N3O5S2/c1-16-8-9-17(2)23(12-16)36(31,32)34-20-11-10-18(13-21(20)33-3)14-28-29-15-27-25-24(26(29)30)19-6-4-5-7-22(19)35-25/h8-15H,4-7H2,1-3H3/b28-14+. The zero-order valence-corrected chi connectivity index (χ0v) is 21.8. The summed E-state index contributed by atoms with van der Waals surface area (Å²) in [5.74, 6) is 0.279. The van der Waals surface area contributed by atoms with Crippen molar-refractivity contribution in [1.82, 2.24) is 9.66 Å². The van der Waals surface area contributed by atoms with E-state index in [4.69, 9.17) is 8.92 Å². The summed E-state index contributed by atoms with van der Waals surface area (Å²) in [5, 5.41) is 4.97. The zero-order valence-electron chi connectivity index (χ0n) is 20.1. The van der Waals surface area contributed by atoms with E-state index in [9.17, 15) is 13.2 Å². The second-order valence-corrected chi connectivity index (χ2v) is 11.3. The van der Waals surface area contributed by atoms with Crippen molar-refractivity contribution in [3.63, 3.8) is 0 Å². The molecule has 0 amide bonds. The third kappa shape index (κ3) is 4.54. The lowest BCUT2D eigenvalue weighted by Crippen LogP contribution is -2.18. The Labute approximate surface area is 213 Å². The molecule has 0 fully saturated rings. The average molecular weight is 524 g/mol. The van der Waals surface area contributed by atoms with Crippen LogP contribution in [0.5, 0.6) is 11.5 Å². The number of thiophene rings is 1. The quantitative estimate of drug-likeness (QED) is 0.270. The largest absolute Gasteiger partial charge is 0.493 e. The molecule has 0 atom stereocenters. The van der Waals surface area contributed by atoms with Gasteiger partial charge in [-0.15, -0.1) is 11.3 Å². The Morgan fingerprint density at radius 3 is 2.69 bits per heavy atom. The van der Waals surface area contributed by atoms with E-state index >= 15 is 0 Å². The molecule has 4 aromatic rings. The molecule has 1 aliphatic rings. The second-order valence-electron chi connectivity index (χ2n) is 8.75. The number of benzene rings is 2. The van der Waals surface area contributed by atoms with E-state index in [1.54, 1.807) is 42.5 Å². The summed E-state index contributed by atoms with van der Waals surface area (Å²) in [6.45, 7) is 3.53. The van der Waals surface area contributed by atoms with Crippen LogP contribution in [-0.2, 0) is 23.0 Å². The van der Waals surface area contributed by atoms with Gasteiger partial charge in [0.2, 0.25) is 0 Å². The number of methoxy groups -OCH3 is 1. The molecule has 5 rings (SSSR count). The molecule has 0 radical (unpaired) electrons. The van der Waals surface area contributed by atoms with Crippen LogP contribution < -0.4 is 14.5 Å². The lowest BCUT2D eigenvalue weighted by Gasteiger charge is -2.13. The maximum Gasteiger partial charge on any atom is 0.339 e. The summed E-state index contributed by atoms with van der Waals surface area (Å²) in [7, 11) is -2.64. The van der Waals surface area contributed by atoms with Gasteiger partial charge in [-0.2, -0.15) is 18.2 Å².